The van der Waals surface area contributed by atoms with Gasteiger partial charge in [-0.15, -0.1) is 0 Å². The summed E-state index contributed by atoms with van der Waals surface area (Å²) >= 11 is 0. The maximum atomic E-state index is 13.1. The van der Waals surface area contributed by atoms with Crippen molar-refractivity contribution >= 4 is 16.6 Å². The van der Waals surface area contributed by atoms with E-state index in [-0.39, 0.29) is 5.82 Å². The lowest BCUT2D eigenvalue weighted by Crippen LogP contribution is -1.90. The van der Waals surface area contributed by atoms with Crippen LogP contribution < -0.4 is 0 Å². The normalized spacial score (nSPS) is 11.2. The summed E-state index contributed by atoms with van der Waals surface area (Å²) < 4.78 is 13.1. The highest BCUT2D eigenvalue weighted by atomic mass is 19.1. The zero-order valence-corrected chi connectivity index (χ0v) is 8.84. The second-order valence-corrected chi connectivity index (χ2v) is 3.93. The molecular weight excluding hydrogens is 191 g/mol. The number of aromatic nitrogens is 2. The fraction of sp³-hybridized carbons (Fsp3) is 0.250. The summed E-state index contributed by atoms with van der Waals surface area (Å²) in [5, 5.41) is 0.800. The molecule has 2 aromatic rings. The van der Waals surface area contributed by atoms with Crippen molar-refractivity contribution in [1.82, 2.24) is 9.97 Å². The van der Waals surface area contributed by atoms with Crippen molar-refractivity contribution in [3.8, 4) is 0 Å². The van der Waals surface area contributed by atoms with Gasteiger partial charge in [-0.25, -0.2) is 9.37 Å². The third-order valence-corrected chi connectivity index (χ3v) is 2.54. The largest absolute Gasteiger partial charge is 0.346 e. The highest BCUT2D eigenvalue weighted by Crippen LogP contribution is 2.27. The molecule has 15 heavy (non-hydrogen) atoms. The molecule has 78 valence electrons. The Kier molecular flexibility index (Phi) is 2.31. The van der Waals surface area contributed by atoms with Gasteiger partial charge in [0.2, 0.25) is 0 Å². The minimum atomic E-state index is -0.320. The summed E-state index contributed by atoms with van der Waals surface area (Å²) in [6.07, 6.45) is 3.04. The number of aromatic amines is 1. The molecule has 2 rings (SSSR count). The van der Waals surface area contributed by atoms with Crippen molar-refractivity contribution in [1.29, 1.82) is 0 Å². The zero-order chi connectivity index (χ0) is 11.0. The number of fused-ring (bicyclic) bond motifs is 1. The van der Waals surface area contributed by atoms with Crippen LogP contribution in [0.25, 0.3) is 16.6 Å². The standard InChI is InChI=1S/C12H13FN2/c1-7(2)8(3)11-6-15-12-10(11)4-9(13)5-14-12/h4-7H,3H2,1-2H3,(H,14,15). The van der Waals surface area contributed by atoms with Crippen molar-refractivity contribution in [2.75, 3.05) is 0 Å². The number of nitrogens with one attached hydrogen (secondary N) is 1. The third-order valence-electron chi connectivity index (χ3n) is 2.54. The predicted octanol–water partition coefficient (Wildman–Crippen LogP) is 3.37. The first-order chi connectivity index (χ1) is 7.09. The van der Waals surface area contributed by atoms with Crippen LogP contribution in [0, 0.1) is 11.7 Å². The van der Waals surface area contributed by atoms with Crippen LogP contribution in [0.5, 0.6) is 0 Å². The van der Waals surface area contributed by atoms with Crippen molar-refractivity contribution in [3.63, 3.8) is 0 Å². The second-order valence-electron chi connectivity index (χ2n) is 3.93. The summed E-state index contributed by atoms with van der Waals surface area (Å²) in [7, 11) is 0. The molecule has 0 aliphatic heterocycles. The lowest BCUT2D eigenvalue weighted by atomic mass is 9.97. The van der Waals surface area contributed by atoms with E-state index in [1.165, 1.54) is 12.3 Å². The molecule has 0 aliphatic rings. The summed E-state index contributed by atoms with van der Waals surface area (Å²) in [5.74, 6) is 0.0205. The van der Waals surface area contributed by atoms with E-state index in [2.05, 4.69) is 30.4 Å². The number of hydrogen-bond donors (Lipinski definition) is 1. The van der Waals surface area contributed by atoms with Crippen molar-refractivity contribution in [2.24, 2.45) is 5.92 Å². The molecule has 0 radical (unpaired) electrons. The lowest BCUT2D eigenvalue weighted by molar-refractivity contribution is 0.624. The van der Waals surface area contributed by atoms with Crippen LogP contribution in [0.2, 0.25) is 0 Å². The molecular formula is C12H13FN2. The van der Waals surface area contributed by atoms with Crippen molar-refractivity contribution in [2.45, 2.75) is 13.8 Å². The Balaban J connectivity index is 2.62. The number of halogens is 1. The topological polar surface area (TPSA) is 28.7 Å². The van der Waals surface area contributed by atoms with Crippen LogP contribution in [0.15, 0.2) is 25.0 Å². The maximum absolute atomic E-state index is 13.1. The number of pyridine rings is 1. The summed E-state index contributed by atoms with van der Waals surface area (Å²) in [6, 6.07) is 1.49. The van der Waals surface area contributed by atoms with Crippen molar-refractivity contribution < 1.29 is 4.39 Å². The molecule has 0 aliphatic carbocycles. The molecule has 0 atom stereocenters. The number of nitrogens with zero attached hydrogens (tertiary/aromatic N) is 1. The third kappa shape index (κ3) is 1.65. The van der Waals surface area contributed by atoms with Gasteiger partial charge in [0.25, 0.3) is 0 Å². The first kappa shape index (κ1) is 9.90. The Hall–Kier alpha value is -1.64. The zero-order valence-electron chi connectivity index (χ0n) is 8.84. The van der Waals surface area contributed by atoms with Crippen molar-refractivity contribution in [3.05, 3.63) is 36.4 Å². The molecule has 0 unspecified atom stereocenters. The SMILES string of the molecule is C=C(c1c[nH]c2ncc(F)cc12)C(C)C. The Morgan fingerprint density at radius 1 is 1.53 bits per heavy atom. The summed E-state index contributed by atoms with van der Waals surface area (Å²) in [4.78, 5) is 6.98. The Labute approximate surface area is 87.8 Å². The first-order valence-electron chi connectivity index (χ1n) is 4.91. The van der Waals surface area contributed by atoms with Gasteiger partial charge in [-0.3, -0.25) is 0 Å². The van der Waals surface area contributed by atoms with Crippen LogP contribution >= 0.6 is 0 Å². The van der Waals surface area contributed by atoms with E-state index in [4.69, 9.17) is 0 Å². The number of rotatable bonds is 2. The Morgan fingerprint density at radius 2 is 2.27 bits per heavy atom. The fourth-order valence-electron chi connectivity index (χ4n) is 1.55. The number of allylic oxidation sites excluding steroid dienone is 1. The minimum Gasteiger partial charge on any atom is -0.346 e. The highest BCUT2D eigenvalue weighted by Gasteiger charge is 2.10. The minimum absolute atomic E-state index is 0.320. The van der Waals surface area contributed by atoms with E-state index in [1.54, 1.807) is 0 Å². The average Bonchev–Trinajstić information content (AvgIpc) is 2.59. The van der Waals surface area contributed by atoms with Crippen LogP contribution in [0.1, 0.15) is 19.4 Å². The smallest absolute Gasteiger partial charge is 0.142 e. The molecule has 0 saturated heterocycles. The molecule has 0 fully saturated rings. The van der Waals surface area contributed by atoms with Gasteiger partial charge in [0.05, 0.1) is 6.20 Å². The highest BCUT2D eigenvalue weighted by molar-refractivity contribution is 5.90. The first-order valence-corrected chi connectivity index (χ1v) is 4.91. The monoisotopic (exact) mass is 204 g/mol. The summed E-state index contributed by atoms with van der Waals surface area (Å²) in [6.45, 7) is 8.13. The van der Waals surface area contributed by atoms with E-state index in [0.717, 1.165) is 16.5 Å². The van der Waals surface area contributed by atoms with Gasteiger partial charge in [0, 0.05) is 17.1 Å². The van der Waals surface area contributed by atoms with Gasteiger partial charge in [-0.05, 0) is 17.6 Å². The molecule has 1 N–H and O–H groups in total. The van der Waals surface area contributed by atoms with Gasteiger partial charge in [0.15, 0.2) is 0 Å². The van der Waals surface area contributed by atoms with E-state index >= 15 is 0 Å². The van der Waals surface area contributed by atoms with Gasteiger partial charge in [-0.1, -0.05) is 20.4 Å². The summed E-state index contributed by atoms with van der Waals surface area (Å²) in [5.41, 5.74) is 2.65. The molecule has 3 heteroatoms. The van der Waals surface area contributed by atoms with Crippen LogP contribution in [-0.4, -0.2) is 9.97 Å². The average molecular weight is 204 g/mol. The van der Waals surface area contributed by atoms with E-state index in [1.807, 2.05) is 6.20 Å². The predicted molar refractivity (Wildman–Crippen MR) is 59.9 cm³/mol. The maximum Gasteiger partial charge on any atom is 0.142 e. The van der Waals surface area contributed by atoms with Gasteiger partial charge >= 0.3 is 0 Å². The van der Waals surface area contributed by atoms with Gasteiger partial charge in [-0.2, -0.15) is 0 Å². The molecule has 2 heterocycles. The Morgan fingerprint density at radius 3 is 2.93 bits per heavy atom. The van der Waals surface area contributed by atoms with Gasteiger partial charge in [0.1, 0.15) is 11.5 Å². The van der Waals surface area contributed by atoms with Crippen LogP contribution in [-0.2, 0) is 0 Å². The number of H-pyrrole nitrogens is 1. The van der Waals surface area contributed by atoms with E-state index in [0.29, 0.717) is 11.6 Å². The Bertz CT molecular complexity index is 511. The quantitative estimate of drug-likeness (QED) is 0.798. The fourth-order valence-corrected chi connectivity index (χ4v) is 1.55. The molecule has 0 spiro atoms. The second kappa shape index (κ2) is 3.50. The van der Waals surface area contributed by atoms with E-state index < -0.39 is 0 Å². The molecule has 0 aromatic carbocycles. The molecule has 0 saturated carbocycles. The molecule has 2 aromatic heterocycles. The molecule has 0 amide bonds. The van der Waals surface area contributed by atoms with Crippen LogP contribution in [0.4, 0.5) is 4.39 Å². The van der Waals surface area contributed by atoms with Crippen LogP contribution in [0.3, 0.4) is 0 Å². The lowest BCUT2D eigenvalue weighted by Gasteiger charge is -2.07. The molecule has 0 bridgehead atoms. The van der Waals surface area contributed by atoms with Gasteiger partial charge < -0.3 is 4.98 Å². The van der Waals surface area contributed by atoms with E-state index in [9.17, 15) is 4.39 Å². The number of hydrogen-bond acceptors (Lipinski definition) is 1. The molecule has 2 nitrogen and oxygen atoms in total.